The van der Waals surface area contributed by atoms with Crippen LogP contribution in [0.15, 0.2) is 0 Å². The van der Waals surface area contributed by atoms with Crippen LogP contribution in [0.2, 0.25) is 0 Å². The molecule has 41 heavy (non-hydrogen) atoms. The predicted molar refractivity (Wildman–Crippen MR) is 128 cm³/mol. The first kappa shape index (κ1) is 33.2. The van der Waals surface area contributed by atoms with Gasteiger partial charge in [0, 0.05) is 0 Å². The SMILES string of the molecule is C[C@@H]1O[C@H](O[C@H]2[C@@H](O[C@H]3[C@@H](O[C@@H]4[C@@H](O)[C@@H](O)[C@H](C)O[C@@H]4O)O[C@@H](C)[C@H](O)[C@@H]3O)O[C@@H](C)[C@H](O)[C@@H]2O)[C@H](O)[C@@H](O)[C@H]1O. The van der Waals surface area contributed by atoms with Crippen molar-refractivity contribution < 1.29 is 84.2 Å². The van der Waals surface area contributed by atoms with Gasteiger partial charge in [-0.05, 0) is 27.7 Å². The molecule has 240 valence electrons. The van der Waals surface area contributed by atoms with E-state index in [4.69, 9.17) is 33.2 Å². The summed E-state index contributed by atoms with van der Waals surface area (Å²) >= 11 is 0. The lowest BCUT2D eigenvalue weighted by atomic mass is 9.96. The van der Waals surface area contributed by atoms with Crippen molar-refractivity contribution in [1.29, 1.82) is 0 Å². The fourth-order valence-electron chi connectivity index (χ4n) is 5.27. The van der Waals surface area contributed by atoms with Crippen molar-refractivity contribution in [3.8, 4) is 0 Å². The van der Waals surface area contributed by atoms with Crippen molar-refractivity contribution in [3.63, 3.8) is 0 Å². The van der Waals surface area contributed by atoms with Gasteiger partial charge < -0.3 is 84.2 Å². The summed E-state index contributed by atoms with van der Waals surface area (Å²) in [5, 5.41) is 104. The van der Waals surface area contributed by atoms with E-state index in [1.165, 1.54) is 27.7 Å². The fraction of sp³-hybridized carbons (Fsp3) is 1.00. The average Bonchev–Trinajstić information content (AvgIpc) is 2.92. The largest absolute Gasteiger partial charge is 0.388 e. The summed E-state index contributed by atoms with van der Waals surface area (Å²) in [7, 11) is 0. The molecular formula is C24H42O17. The summed E-state index contributed by atoms with van der Waals surface area (Å²) in [6.07, 6.45) is -30.0. The van der Waals surface area contributed by atoms with E-state index in [2.05, 4.69) is 0 Å². The molecule has 4 fully saturated rings. The molecule has 0 radical (unpaired) electrons. The van der Waals surface area contributed by atoms with Crippen LogP contribution in [0, 0.1) is 0 Å². The van der Waals surface area contributed by atoms with Gasteiger partial charge in [-0.25, -0.2) is 0 Å². The molecule has 0 spiro atoms. The van der Waals surface area contributed by atoms with Crippen LogP contribution < -0.4 is 0 Å². The number of hydrogen-bond acceptors (Lipinski definition) is 17. The third-order valence-electron chi connectivity index (χ3n) is 8.05. The molecule has 4 saturated heterocycles. The summed E-state index contributed by atoms with van der Waals surface area (Å²) in [4.78, 5) is 0. The number of aliphatic hydroxyl groups excluding tert-OH is 10. The van der Waals surface area contributed by atoms with Gasteiger partial charge in [0.05, 0.1) is 24.4 Å². The van der Waals surface area contributed by atoms with Gasteiger partial charge in [0.15, 0.2) is 25.2 Å². The number of hydrogen-bond donors (Lipinski definition) is 10. The van der Waals surface area contributed by atoms with Crippen molar-refractivity contribution in [2.45, 2.75) is 151 Å². The molecule has 17 nitrogen and oxygen atoms in total. The van der Waals surface area contributed by atoms with E-state index in [9.17, 15) is 51.1 Å². The molecule has 0 amide bonds. The number of ether oxygens (including phenoxy) is 7. The summed E-state index contributed by atoms with van der Waals surface area (Å²) < 4.78 is 39.2. The molecule has 4 rings (SSSR count). The lowest BCUT2D eigenvalue weighted by molar-refractivity contribution is -0.400. The first-order chi connectivity index (χ1) is 19.1. The van der Waals surface area contributed by atoms with Gasteiger partial charge in [-0.1, -0.05) is 0 Å². The Morgan fingerprint density at radius 3 is 1.12 bits per heavy atom. The Morgan fingerprint density at radius 1 is 0.341 bits per heavy atom. The summed E-state index contributed by atoms with van der Waals surface area (Å²) in [6.45, 7) is 5.65. The zero-order valence-electron chi connectivity index (χ0n) is 22.9. The van der Waals surface area contributed by atoms with Crippen LogP contribution >= 0.6 is 0 Å². The highest BCUT2D eigenvalue weighted by molar-refractivity contribution is 4.96. The average molecular weight is 603 g/mol. The molecule has 0 aromatic heterocycles. The Balaban J connectivity index is 1.57. The van der Waals surface area contributed by atoms with E-state index in [0.717, 1.165) is 0 Å². The molecule has 20 atom stereocenters. The van der Waals surface area contributed by atoms with Crippen molar-refractivity contribution in [2.24, 2.45) is 0 Å². The second kappa shape index (κ2) is 13.1. The quantitative estimate of drug-likeness (QED) is 0.136. The Morgan fingerprint density at radius 2 is 0.659 bits per heavy atom. The van der Waals surface area contributed by atoms with Gasteiger partial charge in [-0.2, -0.15) is 0 Å². The van der Waals surface area contributed by atoms with Crippen LogP contribution in [0.3, 0.4) is 0 Å². The topological polar surface area (TPSA) is 267 Å². The highest BCUT2D eigenvalue weighted by atomic mass is 16.8. The van der Waals surface area contributed by atoms with Gasteiger partial charge in [0.25, 0.3) is 0 Å². The summed E-state index contributed by atoms with van der Waals surface area (Å²) in [6, 6.07) is 0. The lowest BCUT2D eigenvalue weighted by Crippen LogP contribution is -2.66. The molecular weight excluding hydrogens is 560 g/mol. The highest BCUT2D eigenvalue weighted by Crippen LogP contribution is 2.34. The van der Waals surface area contributed by atoms with Crippen LogP contribution in [0.25, 0.3) is 0 Å². The van der Waals surface area contributed by atoms with Crippen LogP contribution in [0.4, 0.5) is 0 Å². The fourth-order valence-corrected chi connectivity index (χ4v) is 5.27. The van der Waals surface area contributed by atoms with Gasteiger partial charge in [0.1, 0.15) is 73.2 Å². The highest BCUT2D eigenvalue weighted by Gasteiger charge is 2.54. The second-order valence-electron chi connectivity index (χ2n) is 11.1. The number of rotatable bonds is 6. The van der Waals surface area contributed by atoms with Crippen molar-refractivity contribution in [2.75, 3.05) is 0 Å². The van der Waals surface area contributed by atoms with E-state index in [1.807, 2.05) is 0 Å². The van der Waals surface area contributed by atoms with Gasteiger partial charge in [0.2, 0.25) is 0 Å². The van der Waals surface area contributed by atoms with E-state index in [-0.39, 0.29) is 0 Å². The molecule has 0 bridgehead atoms. The molecule has 0 aliphatic carbocycles. The monoisotopic (exact) mass is 602 g/mol. The molecule has 0 saturated carbocycles. The molecule has 0 unspecified atom stereocenters. The maximum absolute atomic E-state index is 10.9. The molecule has 4 heterocycles. The van der Waals surface area contributed by atoms with E-state index in [1.54, 1.807) is 0 Å². The first-order valence-corrected chi connectivity index (χ1v) is 13.5. The summed E-state index contributed by atoms with van der Waals surface area (Å²) in [5.41, 5.74) is 0. The van der Waals surface area contributed by atoms with Crippen LogP contribution in [0.5, 0.6) is 0 Å². The second-order valence-corrected chi connectivity index (χ2v) is 11.1. The third-order valence-corrected chi connectivity index (χ3v) is 8.05. The van der Waals surface area contributed by atoms with Crippen LogP contribution in [-0.2, 0) is 33.2 Å². The van der Waals surface area contributed by atoms with E-state index < -0.39 is 123 Å². The Kier molecular flexibility index (Phi) is 10.6. The normalized spacial score (nSPS) is 56.9. The minimum atomic E-state index is -1.78. The van der Waals surface area contributed by atoms with E-state index in [0.29, 0.717) is 0 Å². The third kappa shape index (κ3) is 6.57. The Labute approximate surface area is 235 Å². The number of aliphatic hydroxyl groups is 10. The predicted octanol–water partition coefficient (Wildman–Crippen LogP) is -5.64. The standard InChI is InChI=1S/C24H42O17/c1-5-10(26)14(30)18(21(34)35-5)39-23-20(16(32)12(28)7(3)37-23)41-24-19(15(31)11(27)8(4)38-24)40-22-17(33)13(29)9(25)6(2)36-22/h5-34H,1-4H3/t5-,6-,7-,8-,9-,10-,11-,12-,13-,14-,15-,16-,17+,18+,19+,20+,21-,22+,23+,24+/m0/s1. The smallest absolute Gasteiger partial charge is 0.187 e. The zero-order valence-corrected chi connectivity index (χ0v) is 22.9. The molecule has 0 aromatic carbocycles. The maximum Gasteiger partial charge on any atom is 0.187 e. The van der Waals surface area contributed by atoms with Gasteiger partial charge in [-0.15, -0.1) is 0 Å². The van der Waals surface area contributed by atoms with Gasteiger partial charge in [-0.3, -0.25) is 0 Å². The minimum Gasteiger partial charge on any atom is -0.388 e. The first-order valence-electron chi connectivity index (χ1n) is 13.5. The molecule has 4 aliphatic heterocycles. The minimum absolute atomic E-state index is 0.937. The lowest BCUT2D eigenvalue weighted by Gasteiger charge is -2.49. The molecule has 0 aromatic rings. The molecule has 17 heteroatoms. The van der Waals surface area contributed by atoms with Crippen molar-refractivity contribution in [3.05, 3.63) is 0 Å². The van der Waals surface area contributed by atoms with Gasteiger partial charge >= 0.3 is 0 Å². The van der Waals surface area contributed by atoms with E-state index >= 15 is 0 Å². The Bertz CT molecular complexity index is 853. The zero-order chi connectivity index (χ0) is 30.5. The maximum atomic E-state index is 10.9. The Hall–Kier alpha value is -0.680. The molecule has 10 N–H and O–H groups in total. The van der Waals surface area contributed by atoms with Crippen molar-refractivity contribution >= 4 is 0 Å². The summed E-state index contributed by atoms with van der Waals surface area (Å²) in [5.74, 6) is 0. The van der Waals surface area contributed by atoms with Crippen LogP contribution in [-0.4, -0.2) is 174 Å². The molecule has 4 aliphatic rings. The van der Waals surface area contributed by atoms with Crippen molar-refractivity contribution in [1.82, 2.24) is 0 Å². The van der Waals surface area contributed by atoms with Crippen LogP contribution in [0.1, 0.15) is 27.7 Å².